The zero-order valence-electron chi connectivity index (χ0n) is 22.3. The average Bonchev–Trinajstić information content (AvgIpc) is 3.71. The number of rotatable bonds is 2. The second-order valence-corrected chi connectivity index (χ2v) is 14.3. The Kier molecular flexibility index (Phi) is 7.62. The maximum Gasteiger partial charge on any atom is 0.472 e. The molecule has 3 unspecified atom stereocenters. The van der Waals surface area contributed by atoms with Crippen LogP contribution in [0.4, 0.5) is 14.6 Å². The molecular weight excluding hydrogens is 672 g/mol. The summed E-state index contributed by atoms with van der Waals surface area (Å²) in [6.45, 7) is -5.90. The molecule has 7 heterocycles. The van der Waals surface area contributed by atoms with E-state index in [4.69, 9.17) is 45.1 Å². The van der Waals surface area contributed by atoms with Gasteiger partial charge < -0.3 is 44.2 Å². The third kappa shape index (κ3) is 5.39. The van der Waals surface area contributed by atoms with E-state index in [9.17, 15) is 28.6 Å². The molecule has 10 atom stereocenters. The molecule has 3 saturated heterocycles. The maximum atomic E-state index is 16.0. The SMILES string of the molecule is Nc1ncnc2c1ncn2[C@@H]1O[C@@H]2COP(=O)(O)O[C@@H]3C(O)[C@@H](COP(O)(=S)O[C@H]2[C@H]1F)O[C@H]3n1cc(F)c2c(=O)[nH]cnc21. The third-order valence-electron chi connectivity index (χ3n) is 7.40. The fourth-order valence-electron chi connectivity index (χ4n) is 5.37. The number of aliphatic hydroxyl groups excluding tert-OH is 1. The molecular formula is C21H22F2N8O11P2S. The Hall–Kier alpha value is -2.85. The van der Waals surface area contributed by atoms with Gasteiger partial charge in [0, 0.05) is 6.20 Å². The first-order valence-electron chi connectivity index (χ1n) is 12.9. The summed E-state index contributed by atoms with van der Waals surface area (Å²) in [5.74, 6) is -0.991. The summed E-state index contributed by atoms with van der Waals surface area (Å²) >= 11 is 5.10. The van der Waals surface area contributed by atoms with Gasteiger partial charge in [-0.2, -0.15) is 0 Å². The molecule has 3 fully saturated rings. The number of nitrogen functional groups attached to an aromatic ring is 1. The number of hydrogen-bond acceptors (Lipinski definition) is 15. The molecule has 0 radical (unpaired) electrons. The zero-order valence-corrected chi connectivity index (χ0v) is 24.9. The van der Waals surface area contributed by atoms with Crippen LogP contribution in [-0.4, -0.2) is 98.9 Å². The number of nitrogens with two attached hydrogens (primary N) is 1. The van der Waals surface area contributed by atoms with Crippen LogP contribution in [0.3, 0.4) is 0 Å². The molecule has 2 bridgehead atoms. The predicted molar refractivity (Wildman–Crippen MR) is 147 cm³/mol. The molecule has 6 N–H and O–H groups in total. The third-order valence-corrected chi connectivity index (χ3v) is 9.94. The molecule has 242 valence electrons. The Morgan fingerprint density at radius 3 is 2.58 bits per heavy atom. The van der Waals surface area contributed by atoms with E-state index in [2.05, 4.69) is 24.9 Å². The van der Waals surface area contributed by atoms with Crippen molar-refractivity contribution in [3.05, 3.63) is 41.3 Å². The molecule has 4 aromatic rings. The van der Waals surface area contributed by atoms with Crippen molar-refractivity contribution in [2.24, 2.45) is 0 Å². The van der Waals surface area contributed by atoms with Gasteiger partial charge in [-0.15, -0.1) is 0 Å². The van der Waals surface area contributed by atoms with Crippen LogP contribution >= 0.6 is 14.5 Å². The summed E-state index contributed by atoms with van der Waals surface area (Å²) in [4.78, 5) is 51.9. The van der Waals surface area contributed by atoms with Gasteiger partial charge in [-0.1, -0.05) is 0 Å². The largest absolute Gasteiger partial charge is 0.472 e. The molecule has 24 heteroatoms. The number of fused-ring (bicyclic) bond motifs is 5. The standard InChI is InChI=1S/C21H22F2N8O11P2S/c22-7-1-30(17-10(7)19(33)28-5-26-17)21-15-13(32)8(39-21)2-38-44(36,45)42-14-9(3-37-43(34,35)41-15)40-20(11(14)23)31-6-29-12-16(24)25-4-27-18(12)31/h1,4-6,8-9,11,13-15,20-21,32H,2-3H2,(H,34,35)(H,36,45)(H2,24,25,27)(H,26,28,33)/t8-,9-,11-,13?,14-,15-,20-,21-,44?/m1/s1. The number of phosphoric ester groups is 1. The first kappa shape index (κ1) is 30.8. The smallest absolute Gasteiger partial charge is 0.387 e. The number of aromatic amines is 1. The molecule has 45 heavy (non-hydrogen) atoms. The van der Waals surface area contributed by atoms with E-state index in [1.807, 2.05) is 0 Å². The monoisotopic (exact) mass is 694 g/mol. The number of alkyl halides is 1. The van der Waals surface area contributed by atoms with Crippen LogP contribution in [0.15, 0.2) is 30.0 Å². The van der Waals surface area contributed by atoms with Gasteiger partial charge in [0.05, 0.1) is 25.9 Å². The van der Waals surface area contributed by atoms with Crippen molar-refractivity contribution in [2.75, 3.05) is 18.9 Å². The number of anilines is 1. The van der Waals surface area contributed by atoms with Crippen molar-refractivity contribution in [1.29, 1.82) is 0 Å². The van der Waals surface area contributed by atoms with Crippen molar-refractivity contribution in [3.8, 4) is 0 Å². The molecule has 3 aliphatic heterocycles. The second kappa shape index (κ2) is 11.1. The minimum Gasteiger partial charge on any atom is -0.387 e. The lowest BCUT2D eigenvalue weighted by molar-refractivity contribution is -0.0642. The van der Waals surface area contributed by atoms with Crippen LogP contribution in [0.5, 0.6) is 0 Å². The number of nitrogens with zero attached hydrogens (tertiary/aromatic N) is 6. The second-order valence-electron chi connectivity index (χ2n) is 10.1. The predicted octanol–water partition coefficient (Wildman–Crippen LogP) is -0.0860. The van der Waals surface area contributed by atoms with Crippen LogP contribution in [0.25, 0.3) is 22.2 Å². The highest BCUT2D eigenvalue weighted by Crippen LogP contribution is 2.54. The summed E-state index contributed by atoms with van der Waals surface area (Å²) < 4.78 is 78.8. The highest BCUT2D eigenvalue weighted by Gasteiger charge is 2.54. The van der Waals surface area contributed by atoms with Gasteiger partial charge in [-0.3, -0.25) is 22.9 Å². The minimum absolute atomic E-state index is 0.0162. The van der Waals surface area contributed by atoms with Gasteiger partial charge in [0.15, 0.2) is 41.6 Å². The lowest BCUT2D eigenvalue weighted by Gasteiger charge is -2.26. The highest BCUT2D eigenvalue weighted by atomic mass is 32.5. The zero-order chi connectivity index (χ0) is 31.8. The summed E-state index contributed by atoms with van der Waals surface area (Å²) in [5, 5.41) is 10.6. The molecule has 19 nitrogen and oxygen atoms in total. The number of ether oxygens (including phenoxy) is 2. The van der Waals surface area contributed by atoms with Gasteiger partial charge in [-0.25, -0.2) is 33.3 Å². The van der Waals surface area contributed by atoms with Crippen molar-refractivity contribution in [3.63, 3.8) is 0 Å². The van der Waals surface area contributed by atoms with Crippen molar-refractivity contribution in [1.82, 2.24) is 34.1 Å². The van der Waals surface area contributed by atoms with Gasteiger partial charge in [0.25, 0.3) is 5.56 Å². The number of aliphatic hydroxyl groups is 1. The van der Waals surface area contributed by atoms with Gasteiger partial charge in [-0.05, 0) is 11.8 Å². The first-order valence-corrected chi connectivity index (χ1v) is 17.0. The number of nitrogens with one attached hydrogen (secondary N) is 1. The Bertz CT molecular complexity index is 1950. The quantitative estimate of drug-likeness (QED) is 0.172. The van der Waals surface area contributed by atoms with Crippen LogP contribution < -0.4 is 11.3 Å². The molecule has 0 amide bonds. The van der Waals surface area contributed by atoms with E-state index in [-0.39, 0.29) is 22.6 Å². The van der Waals surface area contributed by atoms with E-state index in [1.54, 1.807) is 0 Å². The van der Waals surface area contributed by atoms with E-state index in [0.29, 0.717) is 0 Å². The summed E-state index contributed by atoms with van der Waals surface area (Å²) in [5.41, 5.74) is 5.00. The number of phosphoric acid groups is 1. The number of imidazole rings is 1. The fraction of sp³-hybridized carbons (Fsp3) is 0.476. The van der Waals surface area contributed by atoms with Crippen LogP contribution in [0.1, 0.15) is 12.5 Å². The summed E-state index contributed by atoms with van der Waals surface area (Å²) in [7, 11) is -5.15. The molecule has 4 aromatic heterocycles. The number of hydrogen-bond donors (Lipinski definition) is 5. The normalized spacial score (nSPS) is 37.7. The number of H-pyrrole nitrogens is 1. The van der Waals surface area contributed by atoms with E-state index >= 15 is 4.39 Å². The molecule has 3 aliphatic rings. The lowest BCUT2D eigenvalue weighted by Crippen LogP contribution is -2.35. The van der Waals surface area contributed by atoms with Crippen molar-refractivity contribution in [2.45, 2.75) is 49.1 Å². The molecule has 0 aromatic carbocycles. The van der Waals surface area contributed by atoms with Crippen LogP contribution in [0.2, 0.25) is 0 Å². The Labute approximate surface area is 253 Å². The van der Waals surface area contributed by atoms with Gasteiger partial charge >= 0.3 is 14.5 Å². The first-order chi connectivity index (χ1) is 21.3. The number of aromatic nitrogens is 7. The Morgan fingerprint density at radius 2 is 1.78 bits per heavy atom. The Balaban J connectivity index is 1.21. The van der Waals surface area contributed by atoms with E-state index in [1.165, 1.54) is 10.9 Å². The average molecular weight is 694 g/mol. The van der Waals surface area contributed by atoms with E-state index < -0.39 is 93.7 Å². The molecule has 0 saturated carbocycles. The van der Waals surface area contributed by atoms with Gasteiger partial charge in [0.1, 0.15) is 47.8 Å². The minimum atomic E-state index is -5.15. The lowest BCUT2D eigenvalue weighted by atomic mass is 10.1. The summed E-state index contributed by atoms with van der Waals surface area (Å²) in [6.07, 6.45) is -9.21. The number of halogens is 2. The molecule has 7 rings (SSSR count). The molecule has 0 spiro atoms. The summed E-state index contributed by atoms with van der Waals surface area (Å²) in [6, 6.07) is 0. The topological polar surface area (TPSA) is 253 Å². The van der Waals surface area contributed by atoms with Crippen LogP contribution in [-0.2, 0) is 43.9 Å². The fourth-order valence-corrected chi connectivity index (χ4v) is 7.74. The van der Waals surface area contributed by atoms with Crippen LogP contribution in [0, 0.1) is 5.82 Å². The van der Waals surface area contributed by atoms with E-state index in [0.717, 1.165) is 23.4 Å². The highest BCUT2D eigenvalue weighted by molar-refractivity contribution is 8.07. The molecule has 0 aliphatic carbocycles. The Morgan fingerprint density at radius 1 is 1.02 bits per heavy atom. The van der Waals surface area contributed by atoms with Gasteiger partial charge in [0.2, 0.25) is 0 Å². The van der Waals surface area contributed by atoms with Crippen molar-refractivity contribution < 1.29 is 55.8 Å². The van der Waals surface area contributed by atoms with Crippen molar-refractivity contribution >= 4 is 54.4 Å². The maximum absolute atomic E-state index is 16.0.